The molecule has 0 aliphatic heterocycles. The van der Waals surface area contributed by atoms with E-state index in [-0.39, 0.29) is 29.0 Å². The summed E-state index contributed by atoms with van der Waals surface area (Å²) in [7, 11) is 0. The number of phenols is 2. The van der Waals surface area contributed by atoms with Gasteiger partial charge in [0.1, 0.15) is 0 Å². The molecule has 0 bridgehead atoms. The Kier molecular flexibility index (Phi) is 4.41. The van der Waals surface area contributed by atoms with Gasteiger partial charge in [0.15, 0.2) is 11.5 Å². The van der Waals surface area contributed by atoms with E-state index < -0.39 is 0 Å². The number of aromatic hydroxyl groups is 2. The topological polar surface area (TPSA) is 69.6 Å². The van der Waals surface area contributed by atoms with Crippen LogP contribution in [0, 0.1) is 12.3 Å². The van der Waals surface area contributed by atoms with Gasteiger partial charge < -0.3 is 15.5 Å². The fourth-order valence-electron chi connectivity index (χ4n) is 1.39. The van der Waals surface area contributed by atoms with Crippen molar-refractivity contribution in [2.75, 3.05) is 0 Å². The Bertz CT molecular complexity index is 448. The number of carbonyl (C=O) groups is 1. The lowest BCUT2D eigenvalue weighted by Crippen LogP contribution is -2.33. The summed E-state index contributed by atoms with van der Waals surface area (Å²) in [6, 6.07) is 3.56. The Morgan fingerprint density at radius 3 is 2.71 bits per heavy atom. The fourth-order valence-corrected chi connectivity index (χ4v) is 1.39. The summed E-state index contributed by atoms with van der Waals surface area (Å²) >= 11 is 0. The standard InChI is InChI=1S/C13H15NO3/c1-3-5-10(4-2)14-13(17)9-6-7-11(15)12(16)8-9/h2,6-8,10,15-16H,3,5H2,1H3,(H,14,17). The van der Waals surface area contributed by atoms with E-state index in [1.54, 1.807) is 0 Å². The monoisotopic (exact) mass is 233 g/mol. The Labute approximate surface area is 100 Å². The largest absolute Gasteiger partial charge is 0.504 e. The highest BCUT2D eigenvalue weighted by Gasteiger charge is 2.12. The third kappa shape index (κ3) is 3.42. The van der Waals surface area contributed by atoms with Gasteiger partial charge in [-0.3, -0.25) is 4.79 Å². The van der Waals surface area contributed by atoms with Gasteiger partial charge >= 0.3 is 0 Å². The van der Waals surface area contributed by atoms with Crippen LogP contribution in [0.2, 0.25) is 0 Å². The van der Waals surface area contributed by atoms with Crippen molar-refractivity contribution in [3.63, 3.8) is 0 Å². The normalized spacial score (nSPS) is 11.5. The third-order valence-corrected chi connectivity index (χ3v) is 2.32. The minimum atomic E-state index is -0.364. The molecule has 1 amide bonds. The number of phenolic OH excluding ortho intramolecular Hbond substituents is 2. The molecule has 17 heavy (non-hydrogen) atoms. The molecule has 3 N–H and O–H groups in total. The lowest BCUT2D eigenvalue weighted by Gasteiger charge is -2.12. The zero-order valence-corrected chi connectivity index (χ0v) is 9.60. The van der Waals surface area contributed by atoms with Crippen LogP contribution < -0.4 is 5.32 Å². The second-order valence-corrected chi connectivity index (χ2v) is 3.68. The molecular weight excluding hydrogens is 218 g/mol. The highest BCUT2D eigenvalue weighted by atomic mass is 16.3. The van der Waals surface area contributed by atoms with Crippen LogP contribution in [0.5, 0.6) is 11.5 Å². The molecule has 0 fully saturated rings. The van der Waals surface area contributed by atoms with Crippen molar-refractivity contribution >= 4 is 5.91 Å². The predicted molar refractivity (Wildman–Crippen MR) is 64.8 cm³/mol. The van der Waals surface area contributed by atoms with E-state index in [9.17, 15) is 9.90 Å². The maximum absolute atomic E-state index is 11.8. The van der Waals surface area contributed by atoms with Crippen LogP contribution in [0.25, 0.3) is 0 Å². The molecule has 0 aliphatic carbocycles. The van der Waals surface area contributed by atoms with Gasteiger partial charge in [-0.15, -0.1) is 6.42 Å². The number of amides is 1. The van der Waals surface area contributed by atoms with Gasteiger partial charge in [-0.25, -0.2) is 0 Å². The number of hydrogen-bond donors (Lipinski definition) is 3. The molecule has 1 aromatic rings. The molecule has 0 aliphatic rings. The molecule has 4 nitrogen and oxygen atoms in total. The summed E-state index contributed by atoms with van der Waals surface area (Å²) in [6.45, 7) is 1.98. The van der Waals surface area contributed by atoms with E-state index in [0.717, 1.165) is 6.42 Å². The summed E-state index contributed by atoms with van der Waals surface area (Å²) in [4.78, 5) is 11.8. The predicted octanol–water partition coefficient (Wildman–Crippen LogP) is 1.63. The Hall–Kier alpha value is -2.15. The molecule has 90 valence electrons. The molecular formula is C13H15NO3. The molecule has 1 aromatic carbocycles. The fraction of sp³-hybridized carbons (Fsp3) is 0.308. The molecule has 1 rings (SSSR count). The van der Waals surface area contributed by atoms with E-state index in [2.05, 4.69) is 11.2 Å². The van der Waals surface area contributed by atoms with E-state index in [0.29, 0.717) is 6.42 Å². The Balaban J connectivity index is 2.76. The average molecular weight is 233 g/mol. The van der Waals surface area contributed by atoms with Gasteiger partial charge in [0.2, 0.25) is 0 Å². The maximum Gasteiger partial charge on any atom is 0.252 e. The van der Waals surface area contributed by atoms with Gasteiger partial charge in [0, 0.05) is 5.56 Å². The van der Waals surface area contributed by atoms with Crippen LogP contribution in [-0.2, 0) is 0 Å². The SMILES string of the molecule is C#CC(CCC)NC(=O)c1ccc(O)c(O)c1. The van der Waals surface area contributed by atoms with Gasteiger partial charge in [0.25, 0.3) is 5.91 Å². The van der Waals surface area contributed by atoms with Crippen LogP contribution in [0.4, 0.5) is 0 Å². The molecule has 0 radical (unpaired) electrons. The number of hydrogen-bond acceptors (Lipinski definition) is 3. The van der Waals surface area contributed by atoms with Crippen LogP contribution in [0.15, 0.2) is 18.2 Å². The second-order valence-electron chi connectivity index (χ2n) is 3.68. The van der Waals surface area contributed by atoms with Crippen LogP contribution >= 0.6 is 0 Å². The number of benzene rings is 1. The van der Waals surface area contributed by atoms with Crippen molar-refractivity contribution in [2.24, 2.45) is 0 Å². The van der Waals surface area contributed by atoms with Crippen molar-refractivity contribution < 1.29 is 15.0 Å². The molecule has 0 saturated heterocycles. The van der Waals surface area contributed by atoms with Crippen LogP contribution in [0.1, 0.15) is 30.1 Å². The smallest absolute Gasteiger partial charge is 0.252 e. The van der Waals surface area contributed by atoms with Crippen LogP contribution in [0.3, 0.4) is 0 Å². The van der Waals surface area contributed by atoms with Gasteiger partial charge in [-0.05, 0) is 24.6 Å². The minimum absolute atomic E-state index is 0.261. The lowest BCUT2D eigenvalue weighted by molar-refractivity contribution is 0.0944. The number of carbonyl (C=O) groups excluding carboxylic acids is 1. The van der Waals surface area contributed by atoms with Crippen molar-refractivity contribution in [3.05, 3.63) is 23.8 Å². The van der Waals surface area contributed by atoms with E-state index in [1.807, 2.05) is 6.92 Å². The highest BCUT2D eigenvalue weighted by molar-refractivity contribution is 5.95. The molecule has 0 heterocycles. The maximum atomic E-state index is 11.8. The summed E-state index contributed by atoms with van der Waals surface area (Å²) in [6.07, 6.45) is 6.86. The third-order valence-electron chi connectivity index (χ3n) is 2.32. The average Bonchev–Trinajstić information content (AvgIpc) is 2.31. The van der Waals surface area contributed by atoms with Crippen molar-refractivity contribution in [2.45, 2.75) is 25.8 Å². The van der Waals surface area contributed by atoms with Gasteiger partial charge in [-0.2, -0.15) is 0 Å². The molecule has 1 atom stereocenters. The second kappa shape index (κ2) is 5.80. The Morgan fingerprint density at radius 1 is 1.47 bits per heavy atom. The van der Waals surface area contributed by atoms with E-state index >= 15 is 0 Å². The van der Waals surface area contributed by atoms with Crippen molar-refractivity contribution in [1.29, 1.82) is 0 Å². The first-order valence-corrected chi connectivity index (χ1v) is 5.37. The molecule has 0 spiro atoms. The van der Waals surface area contributed by atoms with Gasteiger partial charge in [-0.1, -0.05) is 19.3 Å². The molecule has 4 heteroatoms. The summed E-state index contributed by atoms with van der Waals surface area (Å²) in [5, 5.41) is 21.1. The highest BCUT2D eigenvalue weighted by Crippen LogP contribution is 2.24. The molecule has 0 aromatic heterocycles. The molecule has 0 saturated carbocycles. The first-order valence-electron chi connectivity index (χ1n) is 5.37. The number of rotatable bonds is 4. The van der Waals surface area contributed by atoms with Crippen LogP contribution in [-0.4, -0.2) is 22.2 Å². The Morgan fingerprint density at radius 2 is 2.18 bits per heavy atom. The summed E-state index contributed by atoms with van der Waals surface area (Å²) < 4.78 is 0. The summed E-state index contributed by atoms with van der Waals surface area (Å²) in [5.41, 5.74) is 0.261. The number of nitrogens with one attached hydrogen (secondary N) is 1. The first kappa shape index (κ1) is 12.9. The zero-order valence-electron chi connectivity index (χ0n) is 9.60. The lowest BCUT2D eigenvalue weighted by atomic mass is 10.1. The van der Waals surface area contributed by atoms with E-state index in [4.69, 9.17) is 11.5 Å². The van der Waals surface area contributed by atoms with Gasteiger partial charge in [0.05, 0.1) is 6.04 Å². The number of terminal acetylenes is 1. The summed E-state index contributed by atoms with van der Waals surface area (Å²) in [5.74, 6) is 1.53. The first-order chi connectivity index (χ1) is 8.08. The minimum Gasteiger partial charge on any atom is -0.504 e. The zero-order chi connectivity index (χ0) is 12.8. The molecule has 1 unspecified atom stereocenters. The van der Waals surface area contributed by atoms with Crippen molar-refractivity contribution in [3.8, 4) is 23.8 Å². The quantitative estimate of drug-likeness (QED) is 0.547. The van der Waals surface area contributed by atoms with E-state index in [1.165, 1.54) is 18.2 Å². The van der Waals surface area contributed by atoms with Crippen molar-refractivity contribution in [1.82, 2.24) is 5.32 Å².